The Morgan fingerprint density at radius 3 is 2.80 bits per heavy atom. The number of thiazole rings is 1. The van der Waals surface area contributed by atoms with Gasteiger partial charge >= 0.3 is 0 Å². The summed E-state index contributed by atoms with van der Waals surface area (Å²) in [6.07, 6.45) is 0.554. The van der Waals surface area contributed by atoms with Gasteiger partial charge in [-0.25, -0.2) is 14.8 Å². The second-order valence-electron chi connectivity index (χ2n) is 3.63. The van der Waals surface area contributed by atoms with Gasteiger partial charge in [-0.1, -0.05) is 0 Å². The van der Waals surface area contributed by atoms with E-state index in [0.29, 0.717) is 19.4 Å². The number of aromatic nitrogens is 1. The van der Waals surface area contributed by atoms with Gasteiger partial charge in [-0.05, 0) is 20.3 Å². The maximum Gasteiger partial charge on any atom is 0.134 e. The van der Waals surface area contributed by atoms with Crippen LogP contribution in [0.15, 0.2) is 5.38 Å². The Hall–Kier alpha value is -0.220. The highest BCUT2D eigenvalue weighted by Gasteiger charge is 2.11. The van der Waals surface area contributed by atoms with Gasteiger partial charge in [0.05, 0.1) is 19.4 Å². The fourth-order valence-electron chi connectivity index (χ4n) is 1.05. The van der Waals surface area contributed by atoms with E-state index >= 15 is 0 Å². The molecule has 1 aromatic rings. The van der Waals surface area contributed by atoms with Crippen LogP contribution < -0.4 is 0 Å². The molecule has 0 N–H and O–H groups in total. The van der Waals surface area contributed by atoms with Crippen LogP contribution in [0.2, 0.25) is 0 Å². The Morgan fingerprint density at radius 1 is 1.47 bits per heavy atom. The summed E-state index contributed by atoms with van der Waals surface area (Å²) < 4.78 is 11.6. The van der Waals surface area contributed by atoms with Gasteiger partial charge in [-0.3, -0.25) is 0 Å². The Labute approximate surface area is 93.9 Å². The van der Waals surface area contributed by atoms with Crippen LogP contribution >= 0.6 is 18.5 Å². The Kier molecular flexibility index (Phi) is 4.93. The zero-order chi connectivity index (χ0) is 11.3. The predicted molar refractivity (Wildman–Crippen MR) is 61.7 cm³/mol. The number of rotatable bonds is 6. The van der Waals surface area contributed by atoms with Gasteiger partial charge in [0.2, 0.25) is 0 Å². The molecule has 0 radical (unpaired) electrons. The lowest BCUT2D eigenvalue weighted by Gasteiger charge is -2.02. The van der Waals surface area contributed by atoms with Crippen LogP contribution in [0, 0.1) is 0 Å². The largest absolute Gasteiger partial charge is 0.324 e. The van der Waals surface area contributed by atoms with Crippen LogP contribution in [0.3, 0.4) is 0 Å². The average molecular weight is 249 g/mol. The standard InChI is InChI=1S/C9H16NO3PS/c1-4-12-13-5-9-10-8(7-15-9)6-14(2,3)11/h7H,4-6H2,1-3H3. The molecule has 0 saturated heterocycles. The summed E-state index contributed by atoms with van der Waals surface area (Å²) in [5.74, 6) is 0. The lowest BCUT2D eigenvalue weighted by atomic mass is 10.6. The first-order valence-corrected chi connectivity index (χ1v) is 8.39. The fraction of sp³-hybridized carbons (Fsp3) is 0.667. The molecule has 0 aliphatic heterocycles. The first kappa shape index (κ1) is 12.8. The van der Waals surface area contributed by atoms with Crippen molar-refractivity contribution in [3.8, 4) is 0 Å². The van der Waals surface area contributed by atoms with E-state index in [1.54, 1.807) is 13.3 Å². The Balaban J connectivity index is 2.46. The molecule has 0 aliphatic carbocycles. The third-order valence-electron chi connectivity index (χ3n) is 1.53. The summed E-state index contributed by atoms with van der Waals surface area (Å²) >= 11 is 1.50. The maximum atomic E-state index is 11.6. The van der Waals surface area contributed by atoms with E-state index in [9.17, 15) is 4.57 Å². The maximum absolute atomic E-state index is 11.6. The molecule has 0 atom stereocenters. The molecule has 1 aromatic heterocycles. The summed E-state index contributed by atoms with van der Waals surface area (Å²) in [6, 6.07) is 0. The van der Waals surface area contributed by atoms with E-state index in [2.05, 4.69) is 4.98 Å². The van der Waals surface area contributed by atoms with E-state index in [0.717, 1.165) is 10.7 Å². The van der Waals surface area contributed by atoms with Crippen LogP contribution in [0.1, 0.15) is 17.6 Å². The van der Waals surface area contributed by atoms with E-state index < -0.39 is 7.14 Å². The van der Waals surface area contributed by atoms with Crippen molar-refractivity contribution in [1.82, 2.24) is 4.98 Å². The molecule has 1 rings (SSSR count). The minimum atomic E-state index is -2.03. The lowest BCUT2D eigenvalue weighted by molar-refractivity contribution is -0.300. The van der Waals surface area contributed by atoms with Crippen LogP contribution in [-0.4, -0.2) is 24.9 Å². The van der Waals surface area contributed by atoms with Crippen molar-refractivity contribution in [3.63, 3.8) is 0 Å². The molecule has 86 valence electrons. The monoisotopic (exact) mass is 249 g/mol. The quantitative estimate of drug-likeness (QED) is 0.336. The summed E-state index contributed by atoms with van der Waals surface area (Å²) in [5.41, 5.74) is 0.878. The third-order valence-corrected chi connectivity index (χ3v) is 3.48. The van der Waals surface area contributed by atoms with Crippen LogP contribution in [-0.2, 0) is 27.1 Å². The van der Waals surface area contributed by atoms with Crippen LogP contribution in [0.4, 0.5) is 0 Å². The number of nitrogens with zero attached hydrogens (tertiary/aromatic N) is 1. The molecule has 0 fully saturated rings. The Bertz CT molecular complexity index is 347. The van der Waals surface area contributed by atoms with Crippen LogP contribution in [0.5, 0.6) is 0 Å². The molecule has 0 aliphatic rings. The normalized spacial score (nSPS) is 11.9. The van der Waals surface area contributed by atoms with Gasteiger partial charge in [0.25, 0.3) is 0 Å². The number of hydrogen-bond acceptors (Lipinski definition) is 5. The van der Waals surface area contributed by atoms with E-state index in [1.807, 2.05) is 12.3 Å². The summed E-state index contributed by atoms with van der Waals surface area (Å²) in [7, 11) is -2.03. The van der Waals surface area contributed by atoms with Crippen molar-refractivity contribution in [2.24, 2.45) is 0 Å². The van der Waals surface area contributed by atoms with Gasteiger partial charge in [0, 0.05) is 11.5 Å². The molecule has 6 heteroatoms. The third kappa shape index (κ3) is 5.42. The van der Waals surface area contributed by atoms with Crippen molar-refractivity contribution in [2.75, 3.05) is 19.9 Å². The first-order valence-electron chi connectivity index (χ1n) is 4.73. The zero-order valence-electron chi connectivity index (χ0n) is 9.23. The van der Waals surface area contributed by atoms with Crippen molar-refractivity contribution < 1.29 is 14.3 Å². The predicted octanol–water partition coefficient (Wildman–Crippen LogP) is 2.73. The second kappa shape index (κ2) is 5.75. The Morgan fingerprint density at radius 2 is 2.20 bits per heavy atom. The molecule has 0 aromatic carbocycles. The van der Waals surface area contributed by atoms with Gasteiger partial charge in [0.1, 0.15) is 11.6 Å². The van der Waals surface area contributed by atoms with Gasteiger partial charge < -0.3 is 4.57 Å². The topological polar surface area (TPSA) is 48.4 Å². The van der Waals surface area contributed by atoms with E-state index in [-0.39, 0.29) is 0 Å². The molecular weight excluding hydrogens is 233 g/mol. The molecule has 0 unspecified atom stereocenters. The van der Waals surface area contributed by atoms with Crippen molar-refractivity contribution in [1.29, 1.82) is 0 Å². The van der Waals surface area contributed by atoms with Gasteiger partial charge in [-0.15, -0.1) is 11.3 Å². The molecule has 1 heterocycles. The lowest BCUT2D eigenvalue weighted by Crippen LogP contribution is -1.94. The fourth-order valence-corrected chi connectivity index (χ4v) is 2.81. The molecule has 4 nitrogen and oxygen atoms in total. The summed E-state index contributed by atoms with van der Waals surface area (Å²) in [6.45, 7) is 6.27. The minimum absolute atomic E-state index is 0.357. The zero-order valence-corrected chi connectivity index (χ0v) is 10.9. The summed E-state index contributed by atoms with van der Waals surface area (Å²) in [4.78, 5) is 14.0. The SMILES string of the molecule is CCOOCc1nc(CP(C)(C)=O)cs1. The first-order chi connectivity index (χ1) is 7.01. The highest BCUT2D eigenvalue weighted by Crippen LogP contribution is 2.40. The van der Waals surface area contributed by atoms with E-state index in [1.165, 1.54) is 11.3 Å². The molecule has 0 bridgehead atoms. The van der Waals surface area contributed by atoms with Crippen molar-refractivity contribution in [2.45, 2.75) is 19.7 Å². The van der Waals surface area contributed by atoms with Crippen molar-refractivity contribution in [3.05, 3.63) is 16.1 Å². The molecule has 0 amide bonds. The molecule has 15 heavy (non-hydrogen) atoms. The molecule has 0 saturated carbocycles. The number of hydrogen-bond donors (Lipinski definition) is 0. The van der Waals surface area contributed by atoms with E-state index in [4.69, 9.17) is 9.78 Å². The highest BCUT2D eigenvalue weighted by molar-refractivity contribution is 7.61. The van der Waals surface area contributed by atoms with Gasteiger partial charge in [0.15, 0.2) is 0 Å². The van der Waals surface area contributed by atoms with Crippen molar-refractivity contribution >= 4 is 18.5 Å². The molecular formula is C9H16NO3PS. The minimum Gasteiger partial charge on any atom is -0.324 e. The highest BCUT2D eigenvalue weighted by atomic mass is 32.1. The molecule has 0 spiro atoms. The summed E-state index contributed by atoms with van der Waals surface area (Å²) in [5, 5.41) is 2.77. The van der Waals surface area contributed by atoms with Crippen LogP contribution in [0.25, 0.3) is 0 Å². The second-order valence-corrected chi connectivity index (χ2v) is 8.04. The smallest absolute Gasteiger partial charge is 0.134 e. The average Bonchev–Trinajstić information content (AvgIpc) is 2.50. The van der Waals surface area contributed by atoms with Gasteiger partial charge in [-0.2, -0.15) is 0 Å².